The molecule has 1 fully saturated rings. The normalized spacial score (nSPS) is 16.8. The van der Waals surface area contributed by atoms with E-state index >= 15 is 0 Å². The first kappa shape index (κ1) is 18.0. The van der Waals surface area contributed by atoms with Gasteiger partial charge in [0.2, 0.25) is 5.91 Å². The lowest BCUT2D eigenvalue weighted by Gasteiger charge is -2.31. The Kier molecular flexibility index (Phi) is 4.92. The van der Waals surface area contributed by atoms with Crippen LogP contribution in [-0.2, 0) is 4.79 Å². The van der Waals surface area contributed by atoms with E-state index in [-0.39, 0.29) is 17.7 Å². The summed E-state index contributed by atoms with van der Waals surface area (Å²) in [5.41, 5.74) is 1.14. The Morgan fingerprint density at radius 1 is 1.29 bits per heavy atom. The number of furan rings is 1. The van der Waals surface area contributed by atoms with E-state index in [9.17, 15) is 14.0 Å². The van der Waals surface area contributed by atoms with Gasteiger partial charge >= 0.3 is 0 Å². The van der Waals surface area contributed by atoms with Crippen LogP contribution in [0, 0.1) is 11.7 Å². The predicted octanol–water partition coefficient (Wildman–Crippen LogP) is 3.10. The molecule has 0 radical (unpaired) electrons. The van der Waals surface area contributed by atoms with Gasteiger partial charge in [0, 0.05) is 31.2 Å². The van der Waals surface area contributed by atoms with Gasteiger partial charge in [-0.2, -0.15) is 5.10 Å². The van der Waals surface area contributed by atoms with E-state index in [4.69, 9.17) is 4.42 Å². The van der Waals surface area contributed by atoms with Crippen LogP contribution >= 0.6 is 0 Å². The van der Waals surface area contributed by atoms with E-state index in [1.807, 2.05) is 0 Å². The highest BCUT2D eigenvalue weighted by atomic mass is 19.1. The van der Waals surface area contributed by atoms with Gasteiger partial charge in [-0.15, -0.1) is 0 Å². The average Bonchev–Trinajstić information content (AvgIpc) is 3.42. The molecule has 0 bridgehead atoms. The van der Waals surface area contributed by atoms with E-state index in [0.717, 1.165) is 6.42 Å². The van der Waals surface area contributed by atoms with Gasteiger partial charge in [0.15, 0.2) is 5.82 Å². The summed E-state index contributed by atoms with van der Waals surface area (Å²) in [5, 5.41) is 6.76. The number of hydrogen-bond acceptors (Lipinski definition) is 4. The highest BCUT2D eigenvalue weighted by Crippen LogP contribution is 2.22. The lowest BCUT2D eigenvalue weighted by Crippen LogP contribution is -2.43. The van der Waals surface area contributed by atoms with Crippen LogP contribution in [0.15, 0.2) is 59.7 Å². The minimum Gasteiger partial charge on any atom is -0.472 e. The molecule has 144 valence electrons. The second kappa shape index (κ2) is 7.67. The molecule has 2 aromatic heterocycles. The molecule has 1 aliphatic rings. The second-order valence-corrected chi connectivity index (χ2v) is 6.71. The Balaban J connectivity index is 1.42. The predicted molar refractivity (Wildman–Crippen MR) is 99.5 cm³/mol. The molecule has 3 heterocycles. The average molecular weight is 382 g/mol. The molecule has 3 aromatic rings. The third-order valence-electron chi connectivity index (χ3n) is 4.81. The molecule has 1 unspecified atom stereocenters. The Morgan fingerprint density at radius 3 is 2.89 bits per heavy atom. The summed E-state index contributed by atoms with van der Waals surface area (Å²) in [6.07, 6.45) is 7.46. The smallest absolute Gasteiger partial charge is 0.257 e. The first-order valence-electron chi connectivity index (χ1n) is 9.04. The molecule has 1 atom stereocenters. The van der Waals surface area contributed by atoms with Crippen molar-refractivity contribution in [1.29, 1.82) is 0 Å². The van der Waals surface area contributed by atoms with Gasteiger partial charge in [-0.05, 0) is 43.2 Å². The van der Waals surface area contributed by atoms with Crippen molar-refractivity contribution >= 4 is 17.5 Å². The van der Waals surface area contributed by atoms with Crippen LogP contribution in [0.2, 0.25) is 0 Å². The molecule has 4 rings (SSSR count). The number of aromatic nitrogens is 2. The van der Waals surface area contributed by atoms with E-state index in [2.05, 4.69) is 10.4 Å². The maximum Gasteiger partial charge on any atom is 0.257 e. The second-order valence-electron chi connectivity index (χ2n) is 6.71. The molecule has 2 amide bonds. The van der Waals surface area contributed by atoms with Crippen LogP contribution in [0.3, 0.4) is 0 Å². The number of halogens is 1. The molecule has 1 saturated heterocycles. The van der Waals surface area contributed by atoms with Gasteiger partial charge in [0.25, 0.3) is 5.91 Å². The third kappa shape index (κ3) is 3.66. The summed E-state index contributed by atoms with van der Waals surface area (Å²) >= 11 is 0. The molecular formula is C20H19FN4O3. The molecule has 0 aliphatic carbocycles. The fraction of sp³-hybridized carbons (Fsp3) is 0.250. The highest BCUT2D eigenvalue weighted by molar-refractivity contribution is 5.96. The number of benzene rings is 1. The molecule has 0 saturated carbocycles. The number of rotatable bonds is 4. The molecule has 0 spiro atoms. The molecule has 7 nitrogen and oxygen atoms in total. The van der Waals surface area contributed by atoms with E-state index in [0.29, 0.717) is 36.4 Å². The van der Waals surface area contributed by atoms with Crippen molar-refractivity contribution in [2.24, 2.45) is 5.92 Å². The topological polar surface area (TPSA) is 80.4 Å². The van der Waals surface area contributed by atoms with Gasteiger partial charge in [0.05, 0.1) is 17.7 Å². The van der Waals surface area contributed by atoms with Crippen LogP contribution in [0.4, 0.5) is 10.1 Å². The molecule has 28 heavy (non-hydrogen) atoms. The van der Waals surface area contributed by atoms with Gasteiger partial charge in [-0.25, -0.2) is 9.07 Å². The Bertz CT molecular complexity index is 970. The summed E-state index contributed by atoms with van der Waals surface area (Å²) in [6.45, 7) is 0.921. The van der Waals surface area contributed by atoms with Crippen molar-refractivity contribution in [3.05, 3.63) is 66.6 Å². The summed E-state index contributed by atoms with van der Waals surface area (Å²) < 4.78 is 20.7. The Labute approximate surface area is 160 Å². The van der Waals surface area contributed by atoms with Crippen LogP contribution in [0.5, 0.6) is 0 Å². The number of likely N-dealkylation sites (tertiary alicyclic amines) is 1. The summed E-state index contributed by atoms with van der Waals surface area (Å²) in [5.74, 6) is -1.21. The molecule has 1 aliphatic heterocycles. The zero-order valence-corrected chi connectivity index (χ0v) is 15.0. The minimum absolute atomic E-state index is 0.152. The maximum atomic E-state index is 14.4. The third-order valence-corrected chi connectivity index (χ3v) is 4.81. The van der Waals surface area contributed by atoms with Crippen molar-refractivity contribution < 1.29 is 18.4 Å². The van der Waals surface area contributed by atoms with E-state index in [1.54, 1.807) is 41.6 Å². The minimum atomic E-state index is -0.484. The van der Waals surface area contributed by atoms with Crippen LogP contribution in [0.1, 0.15) is 23.2 Å². The number of amides is 2. The van der Waals surface area contributed by atoms with Crippen molar-refractivity contribution in [3.63, 3.8) is 0 Å². The number of carbonyl (C=O) groups excluding carboxylic acids is 2. The lowest BCUT2D eigenvalue weighted by atomic mass is 9.96. The van der Waals surface area contributed by atoms with Crippen molar-refractivity contribution in [2.75, 3.05) is 18.4 Å². The molecule has 1 aromatic carbocycles. The number of nitrogens with one attached hydrogen (secondary N) is 1. The van der Waals surface area contributed by atoms with Gasteiger partial charge in [0.1, 0.15) is 12.0 Å². The van der Waals surface area contributed by atoms with Crippen molar-refractivity contribution in [3.8, 4) is 5.69 Å². The quantitative estimate of drug-likeness (QED) is 0.752. The van der Waals surface area contributed by atoms with Gasteiger partial charge < -0.3 is 14.6 Å². The lowest BCUT2D eigenvalue weighted by molar-refractivity contribution is -0.121. The monoisotopic (exact) mass is 382 g/mol. The van der Waals surface area contributed by atoms with E-state index in [1.165, 1.54) is 23.3 Å². The molecular weight excluding hydrogens is 363 g/mol. The van der Waals surface area contributed by atoms with Gasteiger partial charge in [-0.3, -0.25) is 9.59 Å². The summed E-state index contributed by atoms with van der Waals surface area (Å²) in [4.78, 5) is 26.8. The Morgan fingerprint density at radius 2 is 2.18 bits per heavy atom. The van der Waals surface area contributed by atoms with Crippen LogP contribution in [0.25, 0.3) is 5.69 Å². The molecule has 8 heteroatoms. The number of nitrogens with zero attached hydrogens (tertiary/aromatic N) is 3. The first-order chi connectivity index (χ1) is 13.6. The zero-order chi connectivity index (χ0) is 19.5. The fourth-order valence-corrected chi connectivity index (χ4v) is 3.37. The number of hydrogen-bond donors (Lipinski definition) is 1. The number of carbonyl (C=O) groups is 2. The largest absolute Gasteiger partial charge is 0.472 e. The first-order valence-corrected chi connectivity index (χ1v) is 9.04. The SMILES string of the molecule is O=C(Nc1ccc(-n2cccn2)c(F)c1)C1CCCN(C(=O)c2ccoc2)C1. The Hall–Kier alpha value is -3.42. The van der Waals surface area contributed by atoms with Gasteiger partial charge in [-0.1, -0.05) is 0 Å². The summed E-state index contributed by atoms with van der Waals surface area (Å²) in [6, 6.07) is 7.78. The van der Waals surface area contributed by atoms with Crippen molar-refractivity contribution in [1.82, 2.24) is 14.7 Å². The number of anilines is 1. The maximum absolute atomic E-state index is 14.4. The van der Waals surface area contributed by atoms with Crippen molar-refractivity contribution in [2.45, 2.75) is 12.8 Å². The zero-order valence-electron chi connectivity index (χ0n) is 15.0. The van der Waals surface area contributed by atoms with E-state index < -0.39 is 5.82 Å². The standard InChI is InChI=1S/C20H19FN4O3/c21-17-11-16(4-5-18(17)25-9-2-7-22-25)23-19(26)14-3-1-8-24(12-14)20(27)15-6-10-28-13-15/h2,4-7,9-11,13-14H,1,3,8,12H2,(H,23,26). The van der Waals surface area contributed by atoms with Crippen LogP contribution < -0.4 is 5.32 Å². The fourth-order valence-electron chi connectivity index (χ4n) is 3.37. The number of piperidine rings is 1. The highest BCUT2D eigenvalue weighted by Gasteiger charge is 2.29. The van der Waals surface area contributed by atoms with Crippen LogP contribution in [-0.4, -0.2) is 39.6 Å². The summed E-state index contributed by atoms with van der Waals surface area (Å²) in [7, 11) is 0. The molecule has 1 N–H and O–H groups in total.